The number of nitrogens with zero attached hydrogens (tertiary/aromatic N) is 1. The highest BCUT2D eigenvalue weighted by Crippen LogP contribution is 2.57. The summed E-state index contributed by atoms with van der Waals surface area (Å²) in [4.78, 5) is 25.4. The van der Waals surface area contributed by atoms with Gasteiger partial charge >= 0.3 is 11.9 Å². The highest BCUT2D eigenvalue weighted by atomic mass is 35.5. The SMILES string of the molecule is CCOC(=O)CN([C@]1(C(=O)O)C[C@H]1c1cccc(Oc2ccccc2)c1)S(=O)(=O)c1ccc(-c2ccc(Cl)cc2)cc1. The monoisotopic (exact) mass is 605 g/mol. The number of para-hydroxylation sites is 1. The number of ether oxygens (including phenoxy) is 2. The van der Waals surface area contributed by atoms with Gasteiger partial charge in [-0.15, -0.1) is 0 Å². The summed E-state index contributed by atoms with van der Waals surface area (Å²) in [5.74, 6) is -1.85. The quantitative estimate of drug-likeness (QED) is 0.198. The van der Waals surface area contributed by atoms with Crippen LogP contribution in [0.3, 0.4) is 0 Å². The lowest BCUT2D eigenvalue weighted by atomic mass is 10.1. The van der Waals surface area contributed by atoms with Gasteiger partial charge in [-0.1, -0.05) is 66.2 Å². The number of hydrogen-bond donors (Lipinski definition) is 1. The molecule has 0 bridgehead atoms. The third-order valence-electron chi connectivity index (χ3n) is 7.18. The van der Waals surface area contributed by atoms with Gasteiger partial charge in [-0.3, -0.25) is 9.59 Å². The van der Waals surface area contributed by atoms with Crippen LogP contribution < -0.4 is 4.74 Å². The molecule has 1 fully saturated rings. The second kappa shape index (κ2) is 12.0. The summed E-state index contributed by atoms with van der Waals surface area (Å²) in [5, 5.41) is 11.1. The lowest BCUT2D eigenvalue weighted by Crippen LogP contribution is -2.50. The van der Waals surface area contributed by atoms with Crippen LogP contribution in [-0.4, -0.2) is 48.5 Å². The first-order valence-corrected chi connectivity index (χ1v) is 15.1. The summed E-state index contributed by atoms with van der Waals surface area (Å²) in [5.41, 5.74) is 0.253. The minimum Gasteiger partial charge on any atom is -0.480 e. The van der Waals surface area contributed by atoms with Crippen LogP contribution in [0.25, 0.3) is 11.1 Å². The molecule has 10 heteroatoms. The molecular weight excluding hydrogens is 578 g/mol. The molecule has 2 atom stereocenters. The number of hydrogen-bond acceptors (Lipinski definition) is 6. The van der Waals surface area contributed by atoms with Gasteiger partial charge in [0.1, 0.15) is 23.6 Å². The molecule has 0 amide bonds. The van der Waals surface area contributed by atoms with Crippen molar-refractivity contribution < 1.29 is 32.6 Å². The van der Waals surface area contributed by atoms with E-state index in [0.717, 1.165) is 15.4 Å². The molecule has 4 aromatic rings. The van der Waals surface area contributed by atoms with Crippen molar-refractivity contribution in [2.24, 2.45) is 0 Å². The minimum absolute atomic E-state index is 0.0187. The maximum Gasteiger partial charge on any atom is 0.325 e. The zero-order chi connectivity index (χ0) is 29.9. The molecule has 0 spiro atoms. The Kier molecular flexibility index (Phi) is 8.36. The lowest BCUT2D eigenvalue weighted by molar-refractivity contribution is -0.147. The number of sulfonamides is 1. The fourth-order valence-corrected chi connectivity index (χ4v) is 6.88. The number of benzene rings is 4. The molecule has 0 radical (unpaired) electrons. The molecule has 8 nitrogen and oxygen atoms in total. The van der Waals surface area contributed by atoms with Crippen molar-refractivity contribution in [2.75, 3.05) is 13.2 Å². The summed E-state index contributed by atoms with van der Waals surface area (Å²) in [7, 11) is -4.46. The van der Waals surface area contributed by atoms with Gasteiger partial charge < -0.3 is 14.6 Å². The lowest BCUT2D eigenvalue weighted by Gasteiger charge is -2.28. The minimum atomic E-state index is -4.46. The van der Waals surface area contributed by atoms with Crippen LogP contribution in [0.5, 0.6) is 11.5 Å². The van der Waals surface area contributed by atoms with Gasteiger partial charge in [0, 0.05) is 10.9 Å². The van der Waals surface area contributed by atoms with Gasteiger partial charge in [0.15, 0.2) is 0 Å². The molecule has 0 saturated heterocycles. The number of rotatable bonds is 11. The van der Waals surface area contributed by atoms with Crippen molar-refractivity contribution >= 4 is 33.6 Å². The van der Waals surface area contributed by atoms with E-state index in [0.29, 0.717) is 22.1 Å². The van der Waals surface area contributed by atoms with Gasteiger partial charge in [-0.05, 0) is 78.6 Å². The molecule has 42 heavy (non-hydrogen) atoms. The summed E-state index contributed by atoms with van der Waals surface area (Å²) >= 11 is 5.98. The second-order valence-corrected chi connectivity index (χ2v) is 12.1. The standard InChI is InChI=1S/C32H28ClNO7S/c1-2-40-30(35)21-34(42(38,39)28-17-13-23(14-18-28)22-11-15-25(33)16-12-22)32(31(36)37)20-29(32)24-7-6-10-27(19-24)41-26-8-4-3-5-9-26/h3-19,29H,2,20-21H2,1H3,(H,36,37)/t29-,32+/m0/s1. The van der Waals surface area contributed by atoms with Gasteiger partial charge in [-0.2, -0.15) is 4.31 Å². The normalized spacial score (nSPS) is 17.9. The Morgan fingerprint density at radius 2 is 1.52 bits per heavy atom. The van der Waals surface area contributed by atoms with Gasteiger partial charge in [-0.25, -0.2) is 8.42 Å². The molecule has 5 rings (SSSR count). The average molecular weight is 606 g/mol. The third kappa shape index (κ3) is 5.90. The highest BCUT2D eigenvalue weighted by molar-refractivity contribution is 7.89. The van der Waals surface area contributed by atoms with E-state index in [-0.39, 0.29) is 17.9 Å². The van der Waals surface area contributed by atoms with Gasteiger partial charge in [0.05, 0.1) is 11.5 Å². The number of aliphatic carboxylic acids is 1. The Balaban J connectivity index is 1.49. The van der Waals surface area contributed by atoms with E-state index in [1.54, 1.807) is 67.6 Å². The Labute approximate surface area is 249 Å². The maximum atomic E-state index is 14.1. The van der Waals surface area contributed by atoms with E-state index in [1.807, 2.05) is 30.3 Å². The molecule has 1 aliphatic rings. The van der Waals surface area contributed by atoms with Crippen molar-refractivity contribution in [3.8, 4) is 22.6 Å². The molecule has 0 unspecified atom stereocenters. The number of carboxylic acids is 1. The third-order valence-corrected chi connectivity index (χ3v) is 9.34. The molecule has 216 valence electrons. The number of esters is 1. The Bertz CT molecular complexity index is 1690. The topological polar surface area (TPSA) is 110 Å². The van der Waals surface area contributed by atoms with E-state index in [1.165, 1.54) is 12.1 Å². The fourth-order valence-electron chi connectivity index (χ4n) is 5.04. The molecule has 4 aromatic carbocycles. The van der Waals surface area contributed by atoms with Crippen LogP contribution in [0.1, 0.15) is 24.8 Å². The molecule has 0 aromatic heterocycles. The molecular formula is C32H28ClNO7S. The van der Waals surface area contributed by atoms with Crippen LogP contribution >= 0.6 is 11.6 Å². The number of carbonyl (C=O) groups excluding carboxylic acids is 1. The predicted octanol–water partition coefficient (Wildman–Crippen LogP) is 6.36. The molecule has 1 aliphatic carbocycles. The number of halogens is 1. The smallest absolute Gasteiger partial charge is 0.325 e. The first-order chi connectivity index (χ1) is 20.1. The first-order valence-electron chi connectivity index (χ1n) is 13.3. The highest BCUT2D eigenvalue weighted by Gasteiger charge is 2.68. The van der Waals surface area contributed by atoms with E-state index in [4.69, 9.17) is 21.1 Å². The Morgan fingerprint density at radius 1 is 0.905 bits per heavy atom. The summed E-state index contributed by atoms with van der Waals surface area (Å²) in [6.07, 6.45) is -0.0291. The molecule has 0 heterocycles. The van der Waals surface area contributed by atoms with Crippen LogP contribution in [0, 0.1) is 0 Å². The zero-order valence-corrected chi connectivity index (χ0v) is 24.2. The first kappa shape index (κ1) is 29.3. The van der Waals surface area contributed by atoms with E-state index >= 15 is 0 Å². The summed E-state index contributed by atoms with van der Waals surface area (Å²) in [6.45, 7) is 0.861. The van der Waals surface area contributed by atoms with Crippen molar-refractivity contribution in [1.29, 1.82) is 0 Å². The molecule has 0 aliphatic heterocycles. The van der Waals surface area contributed by atoms with Gasteiger partial charge in [0.2, 0.25) is 10.0 Å². The van der Waals surface area contributed by atoms with Crippen LogP contribution in [0.15, 0.2) is 108 Å². The maximum absolute atomic E-state index is 14.1. The van der Waals surface area contributed by atoms with Crippen molar-refractivity contribution in [3.05, 3.63) is 114 Å². The number of carboxylic acid groups (broad SMARTS) is 1. The molecule has 1 N–H and O–H groups in total. The Hall–Kier alpha value is -4.18. The van der Waals surface area contributed by atoms with Gasteiger partial charge in [0.25, 0.3) is 0 Å². The average Bonchev–Trinajstić information content (AvgIpc) is 3.74. The van der Waals surface area contributed by atoms with Crippen LogP contribution in [0.4, 0.5) is 0 Å². The van der Waals surface area contributed by atoms with Crippen LogP contribution in [-0.2, 0) is 24.3 Å². The van der Waals surface area contributed by atoms with Crippen molar-refractivity contribution in [3.63, 3.8) is 0 Å². The summed E-state index contributed by atoms with van der Waals surface area (Å²) in [6, 6.07) is 29.1. The Morgan fingerprint density at radius 3 is 2.14 bits per heavy atom. The van der Waals surface area contributed by atoms with E-state index in [9.17, 15) is 23.1 Å². The van der Waals surface area contributed by atoms with Crippen molar-refractivity contribution in [1.82, 2.24) is 4.31 Å². The predicted molar refractivity (Wildman–Crippen MR) is 158 cm³/mol. The largest absolute Gasteiger partial charge is 0.480 e. The fraction of sp³-hybridized carbons (Fsp3) is 0.188. The van der Waals surface area contributed by atoms with Crippen molar-refractivity contribution in [2.45, 2.75) is 29.7 Å². The number of carbonyl (C=O) groups is 2. The summed E-state index contributed by atoms with van der Waals surface area (Å²) < 4.78 is 39.8. The van der Waals surface area contributed by atoms with Crippen LogP contribution in [0.2, 0.25) is 5.02 Å². The molecule has 1 saturated carbocycles. The van der Waals surface area contributed by atoms with E-state index < -0.39 is 40.0 Å². The zero-order valence-electron chi connectivity index (χ0n) is 22.6. The van der Waals surface area contributed by atoms with E-state index in [2.05, 4.69) is 0 Å². The second-order valence-electron chi connectivity index (χ2n) is 9.82.